The first kappa shape index (κ1) is 10.6. The molecule has 2 N–H and O–H groups in total. The van der Waals surface area contributed by atoms with Crippen LogP contribution in [0.5, 0.6) is 5.75 Å². The normalized spacial score (nSPS) is 10.4. The van der Waals surface area contributed by atoms with Gasteiger partial charge in [0.25, 0.3) is 0 Å². The molecule has 0 atom stereocenters. The van der Waals surface area contributed by atoms with Crippen LogP contribution < -0.4 is 10.5 Å². The largest absolute Gasteiger partial charge is 0.494 e. The summed E-state index contributed by atoms with van der Waals surface area (Å²) in [5.41, 5.74) is 6.64. The van der Waals surface area contributed by atoms with Crippen LogP contribution in [0.3, 0.4) is 0 Å². The monoisotopic (exact) mass is 216 g/mol. The first-order valence-corrected chi connectivity index (χ1v) is 4.93. The molecule has 0 saturated carbocycles. The quantitative estimate of drug-likeness (QED) is 0.787. The topological polar surface area (TPSA) is 65.2 Å². The van der Waals surface area contributed by atoms with Gasteiger partial charge >= 0.3 is 0 Å². The van der Waals surface area contributed by atoms with Crippen LogP contribution >= 0.6 is 0 Å². The van der Waals surface area contributed by atoms with E-state index in [4.69, 9.17) is 10.5 Å². The molecule has 1 aromatic heterocycles. The van der Waals surface area contributed by atoms with E-state index in [1.54, 1.807) is 31.5 Å². The van der Waals surface area contributed by atoms with Gasteiger partial charge in [0, 0.05) is 17.1 Å². The molecule has 2 rings (SSSR count). The minimum atomic E-state index is -0.0966. The summed E-state index contributed by atoms with van der Waals surface area (Å²) in [5.74, 6) is 0.560. The van der Waals surface area contributed by atoms with Gasteiger partial charge in [-0.3, -0.25) is 9.78 Å². The van der Waals surface area contributed by atoms with Gasteiger partial charge in [0.1, 0.15) is 11.3 Å². The van der Waals surface area contributed by atoms with Crippen LogP contribution in [0.25, 0.3) is 10.9 Å². The summed E-state index contributed by atoms with van der Waals surface area (Å²) in [7, 11) is 1.58. The van der Waals surface area contributed by atoms with E-state index < -0.39 is 0 Å². The molecular formula is C12H12N2O2. The number of hydrogen-bond donors (Lipinski definition) is 1. The number of carbonyl (C=O) groups excluding carboxylic acids is 1. The van der Waals surface area contributed by atoms with E-state index in [1.165, 1.54) is 0 Å². The maximum atomic E-state index is 11.6. The molecule has 4 nitrogen and oxygen atoms in total. The Morgan fingerprint density at radius 2 is 2.25 bits per heavy atom. The second-order valence-corrected chi connectivity index (χ2v) is 3.34. The summed E-state index contributed by atoms with van der Waals surface area (Å²) in [6, 6.07) is 7.08. The zero-order chi connectivity index (χ0) is 11.5. The van der Waals surface area contributed by atoms with Gasteiger partial charge < -0.3 is 10.5 Å². The summed E-state index contributed by atoms with van der Waals surface area (Å²) < 4.78 is 5.19. The smallest absolute Gasteiger partial charge is 0.177 e. The predicted octanol–water partition coefficient (Wildman–Crippen LogP) is 1.38. The molecule has 0 saturated heterocycles. The molecule has 0 unspecified atom stereocenters. The van der Waals surface area contributed by atoms with Crippen LogP contribution in [0, 0.1) is 0 Å². The fourth-order valence-corrected chi connectivity index (χ4v) is 1.66. The number of ketones is 1. The lowest BCUT2D eigenvalue weighted by Crippen LogP contribution is -2.14. The van der Waals surface area contributed by atoms with Gasteiger partial charge in [-0.1, -0.05) is 6.07 Å². The Bertz CT molecular complexity index is 538. The number of aromatic nitrogens is 1. The molecule has 0 bridgehead atoms. The van der Waals surface area contributed by atoms with Crippen LogP contribution in [0.4, 0.5) is 0 Å². The second-order valence-electron chi connectivity index (χ2n) is 3.34. The van der Waals surface area contributed by atoms with Crippen molar-refractivity contribution < 1.29 is 9.53 Å². The molecule has 0 aliphatic carbocycles. The van der Waals surface area contributed by atoms with Gasteiger partial charge in [0.2, 0.25) is 0 Å². The summed E-state index contributed by atoms with van der Waals surface area (Å²) in [5, 5.41) is 0.775. The Labute approximate surface area is 93.0 Å². The van der Waals surface area contributed by atoms with Crippen molar-refractivity contribution in [2.75, 3.05) is 13.7 Å². The number of pyridine rings is 1. The summed E-state index contributed by atoms with van der Waals surface area (Å²) in [6.07, 6.45) is 1.67. The number of nitrogens with two attached hydrogens (primary N) is 1. The van der Waals surface area contributed by atoms with E-state index >= 15 is 0 Å². The van der Waals surface area contributed by atoms with Crippen molar-refractivity contribution >= 4 is 16.7 Å². The Hall–Kier alpha value is -1.94. The van der Waals surface area contributed by atoms with Crippen LogP contribution in [-0.2, 0) is 0 Å². The van der Waals surface area contributed by atoms with E-state index in [0.717, 1.165) is 5.39 Å². The van der Waals surface area contributed by atoms with Gasteiger partial charge in [-0.2, -0.15) is 0 Å². The molecule has 0 aliphatic heterocycles. The molecule has 2 aromatic rings. The average molecular weight is 216 g/mol. The second kappa shape index (κ2) is 4.28. The number of nitrogens with zero attached hydrogens (tertiary/aromatic N) is 1. The SMILES string of the molecule is COc1ccc(C(=O)CN)c2cccnc12. The standard InChI is InChI=1S/C12H12N2O2/c1-16-11-5-4-8(10(15)7-13)9-3-2-6-14-12(9)11/h2-6H,7,13H2,1H3. The van der Waals surface area contributed by atoms with Crippen LogP contribution in [0.2, 0.25) is 0 Å². The fourth-order valence-electron chi connectivity index (χ4n) is 1.66. The van der Waals surface area contributed by atoms with Crippen molar-refractivity contribution in [3.63, 3.8) is 0 Å². The molecule has 1 aromatic carbocycles. The lowest BCUT2D eigenvalue weighted by Gasteiger charge is -2.07. The molecule has 0 aliphatic rings. The van der Waals surface area contributed by atoms with Crippen molar-refractivity contribution in [3.8, 4) is 5.75 Å². The Morgan fingerprint density at radius 1 is 1.44 bits per heavy atom. The van der Waals surface area contributed by atoms with Crippen LogP contribution in [0.1, 0.15) is 10.4 Å². The van der Waals surface area contributed by atoms with E-state index in [9.17, 15) is 4.79 Å². The highest BCUT2D eigenvalue weighted by molar-refractivity contribution is 6.09. The lowest BCUT2D eigenvalue weighted by atomic mass is 10.0. The lowest BCUT2D eigenvalue weighted by molar-refractivity contribution is 0.100. The number of rotatable bonds is 3. The number of carbonyl (C=O) groups is 1. The van der Waals surface area contributed by atoms with Crippen molar-refractivity contribution in [2.45, 2.75) is 0 Å². The zero-order valence-electron chi connectivity index (χ0n) is 8.93. The summed E-state index contributed by atoms with van der Waals surface area (Å²) in [6.45, 7) is -0.00365. The van der Waals surface area contributed by atoms with E-state index in [2.05, 4.69) is 4.98 Å². The van der Waals surface area contributed by atoms with Gasteiger partial charge in [0.15, 0.2) is 5.78 Å². The number of benzene rings is 1. The number of ether oxygens (including phenoxy) is 1. The highest BCUT2D eigenvalue weighted by atomic mass is 16.5. The van der Waals surface area contributed by atoms with E-state index in [0.29, 0.717) is 16.8 Å². The van der Waals surface area contributed by atoms with Crippen molar-refractivity contribution in [3.05, 3.63) is 36.0 Å². The maximum absolute atomic E-state index is 11.6. The summed E-state index contributed by atoms with van der Waals surface area (Å²) >= 11 is 0. The molecule has 0 fully saturated rings. The first-order chi connectivity index (χ1) is 7.77. The third kappa shape index (κ3) is 1.63. The minimum Gasteiger partial charge on any atom is -0.494 e. The van der Waals surface area contributed by atoms with Crippen LogP contribution in [0.15, 0.2) is 30.5 Å². The van der Waals surface area contributed by atoms with Gasteiger partial charge in [-0.15, -0.1) is 0 Å². The van der Waals surface area contributed by atoms with Gasteiger partial charge in [0.05, 0.1) is 13.7 Å². The predicted molar refractivity (Wildman–Crippen MR) is 61.7 cm³/mol. The van der Waals surface area contributed by atoms with Crippen molar-refractivity contribution in [1.29, 1.82) is 0 Å². The van der Waals surface area contributed by atoms with Crippen LogP contribution in [-0.4, -0.2) is 24.4 Å². The first-order valence-electron chi connectivity index (χ1n) is 4.93. The number of Topliss-reactive ketones (excluding diaryl/α,β-unsaturated/α-hetero) is 1. The maximum Gasteiger partial charge on any atom is 0.177 e. The molecule has 1 heterocycles. The molecule has 0 spiro atoms. The number of methoxy groups -OCH3 is 1. The molecular weight excluding hydrogens is 204 g/mol. The third-order valence-electron chi connectivity index (χ3n) is 2.44. The summed E-state index contributed by atoms with van der Waals surface area (Å²) in [4.78, 5) is 15.8. The van der Waals surface area contributed by atoms with Gasteiger partial charge in [-0.05, 0) is 18.2 Å². The molecule has 0 radical (unpaired) electrons. The fraction of sp³-hybridized carbons (Fsp3) is 0.167. The number of hydrogen-bond acceptors (Lipinski definition) is 4. The number of fused-ring (bicyclic) bond motifs is 1. The highest BCUT2D eigenvalue weighted by Crippen LogP contribution is 2.26. The zero-order valence-corrected chi connectivity index (χ0v) is 8.93. The molecule has 4 heteroatoms. The Balaban J connectivity index is 2.74. The minimum absolute atomic E-state index is 0.00365. The Morgan fingerprint density at radius 3 is 2.94 bits per heavy atom. The van der Waals surface area contributed by atoms with E-state index in [-0.39, 0.29) is 12.3 Å². The Kier molecular flexibility index (Phi) is 2.83. The molecule has 16 heavy (non-hydrogen) atoms. The highest BCUT2D eigenvalue weighted by Gasteiger charge is 2.11. The average Bonchev–Trinajstić information content (AvgIpc) is 2.36. The van der Waals surface area contributed by atoms with Gasteiger partial charge in [-0.25, -0.2) is 0 Å². The third-order valence-corrected chi connectivity index (χ3v) is 2.44. The van der Waals surface area contributed by atoms with E-state index in [1.807, 2.05) is 6.07 Å². The van der Waals surface area contributed by atoms with Crippen molar-refractivity contribution in [2.24, 2.45) is 5.73 Å². The molecule has 0 amide bonds. The van der Waals surface area contributed by atoms with Crippen molar-refractivity contribution in [1.82, 2.24) is 4.98 Å². The molecule has 82 valence electrons.